The van der Waals surface area contributed by atoms with E-state index in [1.54, 1.807) is 18.2 Å². The highest BCUT2D eigenvalue weighted by Crippen LogP contribution is 2.23. The standard InChI is InChI=1S/C27H30N6O4/c1-18-13-20-14-21(10-11-24(20)37-18)31-27(30-17-28)32-22-9-5-6-12-33(26(22)36)16-25(35)29-15-23(34)19-7-3-2-4-8-19/h2-4,7-8,10-11,13-14,22-23,34H,5-6,9,12,15-16H2,1H3,(H,29,35)(H2,30,31,32). The van der Waals surface area contributed by atoms with Crippen molar-refractivity contribution in [2.75, 3.05) is 25.0 Å². The summed E-state index contributed by atoms with van der Waals surface area (Å²) in [6, 6.07) is 15.7. The molecule has 1 aliphatic rings. The molecular weight excluding hydrogens is 472 g/mol. The van der Waals surface area contributed by atoms with Crippen LogP contribution in [0.2, 0.25) is 0 Å². The first kappa shape index (κ1) is 25.7. The van der Waals surface area contributed by atoms with Crippen LogP contribution in [0.5, 0.6) is 0 Å². The lowest BCUT2D eigenvalue weighted by Crippen LogP contribution is -2.45. The van der Waals surface area contributed by atoms with E-state index < -0.39 is 12.1 Å². The number of carbonyl (C=O) groups is 2. The maximum absolute atomic E-state index is 13.2. The van der Waals surface area contributed by atoms with Gasteiger partial charge in [0.2, 0.25) is 17.8 Å². The van der Waals surface area contributed by atoms with Crippen molar-refractivity contribution in [1.29, 1.82) is 5.26 Å². The van der Waals surface area contributed by atoms with Gasteiger partial charge in [-0.3, -0.25) is 14.9 Å². The average Bonchev–Trinajstić information content (AvgIpc) is 3.19. The highest BCUT2D eigenvalue weighted by atomic mass is 16.3. The third kappa shape index (κ3) is 6.86. The van der Waals surface area contributed by atoms with Gasteiger partial charge in [-0.25, -0.2) is 4.99 Å². The number of likely N-dealkylation sites (tertiary alicyclic amines) is 1. The van der Waals surface area contributed by atoms with E-state index in [2.05, 4.69) is 20.9 Å². The maximum Gasteiger partial charge on any atom is 0.247 e. The number of carbonyl (C=O) groups excluding carboxylic acids is 2. The average molecular weight is 503 g/mol. The fourth-order valence-electron chi connectivity index (χ4n) is 4.29. The molecule has 2 amide bonds. The van der Waals surface area contributed by atoms with Crippen LogP contribution in [0.4, 0.5) is 5.69 Å². The Morgan fingerprint density at radius 3 is 2.84 bits per heavy atom. The molecule has 4 N–H and O–H groups in total. The Morgan fingerprint density at radius 2 is 2.05 bits per heavy atom. The van der Waals surface area contributed by atoms with Gasteiger partial charge in [0.25, 0.3) is 0 Å². The number of nitrogens with zero attached hydrogens (tertiary/aromatic N) is 3. The zero-order valence-electron chi connectivity index (χ0n) is 20.6. The summed E-state index contributed by atoms with van der Waals surface area (Å²) in [4.78, 5) is 31.8. The van der Waals surface area contributed by atoms with Crippen molar-refractivity contribution in [1.82, 2.24) is 15.5 Å². The molecule has 0 saturated carbocycles. The number of aliphatic hydroxyl groups excluding tert-OH is 1. The Kier molecular flexibility index (Phi) is 8.38. The first-order valence-electron chi connectivity index (χ1n) is 12.2. The normalized spacial score (nSPS) is 17.1. The molecule has 10 heteroatoms. The fraction of sp³-hybridized carbons (Fsp3) is 0.333. The number of hydrogen-bond acceptors (Lipinski definition) is 6. The minimum Gasteiger partial charge on any atom is -0.461 e. The molecule has 37 heavy (non-hydrogen) atoms. The lowest BCUT2D eigenvalue weighted by atomic mass is 10.1. The Balaban J connectivity index is 1.40. The highest BCUT2D eigenvalue weighted by molar-refractivity contribution is 5.98. The SMILES string of the molecule is Cc1cc2cc(NC(=NC3CCCCN(CC(=O)NCC(O)c4ccccc4)C3=O)NC#N)ccc2o1. The van der Waals surface area contributed by atoms with Crippen LogP contribution in [0.15, 0.2) is 64.0 Å². The predicted octanol–water partition coefficient (Wildman–Crippen LogP) is 2.81. The fourth-order valence-corrected chi connectivity index (χ4v) is 4.29. The van der Waals surface area contributed by atoms with Crippen LogP contribution >= 0.6 is 0 Å². The van der Waals surface area contributed by atoms with Crippen LogP contribution in [0.25, 0.3) is 11.0 Å². The number of anilines is 1. The van der Waals surface area contributed by atoms with Crippen LogP contribution in [-0.4, -0.2) is 53.5 Å². The van der Waals surface area contributed by atoms with E-state index in [0.29, 0.717) is 24.2 Å². The largest absolute Gasteiger partial charge is 0.461 e. The quantitative estimate of drug-likeness (QED) is 0.168. The molecule has 192 valence electrons. The Labute approximate surface area is 215 Å². The summed E-state index contributed by atoms with van der Waals surface area (Å²) in [6.45, 7) is 2.22. The molecule has 2 atom stereocenters. The summed E-state index contributed by atoms with van der Waals surface area (Å²) >= 11 is 0. The van der Waals surface area contributed by atoms with E-state index in [1.807, 2.05) is 49.5 Å². The molecule has 1 saturated heterocycles. The van der Waals surface area contributed by atoms with Crippen LogP contribution in [0.3, 0.4) is 0 Å². The molecule has 4 rings (SSSR count). The number of nitrogens with one attached hydrogen (secondary N) is 3. The number of benzene rings is 2. The number of nitriles is 1. The summed E-state index contributed by atoms with van der Waals surface area (Å²) < 4.78 is 5.60. The van der Waals surface area contributed by atoms with Gasteiger partial charge >= 0.3 is 0 Å². The first-order chi connectivity index (χ1) is 17.9. The molecule has 1 aliphatic heterocycles. The number of fused-ring (bicyclic) bond motifs is 1. The van der Waals surface area contributed by atoms with Crippen LogP contribution in [0.1, 0.15) is 36.7 Å². The van der Waals surface area contributed by atoms with E-state index in [0.717, 1.165) is 29.6 Å². The second kappa shape index (κ2) is 12.1. The zero-order valence-corrected chi connectivity index (χ0v) is 20.6. The minimum atomic E-state index is -0.835. The van der Waals surface area contributed by atoms with Gasteiger partial charge < -0.3 is 25.1 Å². The van der Waals surface area contributed by atoms with Crippen LogP contribution in [0, 0.1) is 18.4 Å². The van der Waals surface area contributed by atoms with Gasteiger partial charge in [0.05, 0.1) is 12.6 Å². The number of hydrogen-bond donors (Lipinski definition) is 4. The third-order valence-electron chi connectivity index (χ3n) is 6.13. The molecule has 1 fully saturated rings. The van der Waals surface area contributed by atoms with E-state index in [1.165, 1.54) is 4.90 Å². The van der Waals surface area contributed by atoms with Gasteiger partial charge in [-0.2, -0.15) is 5.26 Å². The van der Waals surface area contributed by atoms with Gasteiger partial charge in [-0.15, -0.1) is 0 Å². The highest BCUT2D eigenvalue weighted by Gasteiger charge is 2.28. The summed E-state index contributed by atoms with van der Waals surface area (Å²) in [6.07, 6.45) is 3.02. The Morgan fingerprint density at radius 1 is 1.24 bits per heavy atom. The van der Waals surface area contributed by atoms with E-state index in [4.69, 9.17) is 4.42 Å². The van der Waals surface area contributed by atoms with Crippen molar-refractivity contribution in [3.8, 4) is 6.19 Å². The number of aryl methyl sites for hydroxylation is 1. The van der Waals surface area contributed by atoms with Crippen molar-refractivity contribution in [3.05, 3.63) is 65.9 Å². The Bertz CT molecular complexity index is 1310. The van der Waals surface area contributed by atoms with Crippen LogP contribution < -0.4 is 16.0 Å². The molecule has 0 bridgehead atoms. The molecular formula is C27H30N6O4. The van der Waals surface area contributed by atoms with Crippen LogP contribution in [-0.2, 0) is 9.59 Å². The number of furan rings is 1. The molecule has 1 aromatic heterocycles. The van der Waals surface area contributed by atoms with Crippen molar-refractivity contribution < 1.29 is 19.1 Å². The Hall–Kier alpha value is -4.36. The number of aliphatic imine (C=N–C) groups is 1. The van der Waals surface area contributed by atoms with Crippen molar-refractivity contribution >= 4 is 34.4 Å². The molecule has 0 spiro atoms. The van der Waals surface area contributed by atoms with Crippen molar-refractivity contribution in [3.63, 3.8) is 0 Å². The second-order valence-electron chi connectivity index (χ2n) is 8.95. The summed E-state index contributed by atoms with van der Waals surface area (Å²) in [5.74, 6) is 0.304. The number of aliphatic hydroxyl groups is 1. The van der Waals surface area contributed by atoms with Crippen molar-refractivity contribution in [2.45, 2.75) is 38.3 Å². The third-order valence-corrected chi connectivity index (χ3v) is 6.13. The monoisotopic (exact) mass is 502 g/mol. The van der Waals surface area contributed by atoms with Gasteiger partial charge in [0.15, 0.2) is 6.19 Å². The summed E-state index contributed by atoms with van der Waals surface area (Å²) in [7, 11) is 0. The van der Waals surface area contributed by atoms with Gasteiger partial charge in [0.1, 0.15) is 17.4 Å². The van der Waals surface area contributed by atoms with Gasteiger partial charge in [-0.05, 0) is 56.0 Å². The van der Waals surface area contributed by atoms with Crippen molar-refractivity contribution in [2.24, 2.45) is 4.99 Å². The predicted molar refractivity (Wildman–Crippen MR) is 139 cm³/mol. The molecule has 0 aliphatic carbocycles. The lowest BCUT2D eigenvalue weighted by molar-refractivity contribution is -0.136. The molecule has 0 radical (unpaired) electrons. The number of guanidine groups is 1. The smallest absolute Gasteiger partial charge is 0.247 e. The first-order valence-corrected chi connectivity index (χ1v) is 12.2. The lowest BCUT2D eigenvalue weighted by Gasteiger charge is -2.23. The zero-order chi connectivity index (χ0) is 26.2. The number of amides is 2. The van der Waals surface area contributed by atoms with Gasteiger partial charge in [0, 0.05) is 24.2 Å². The molecule has 2 aromatic carbocycles. The minimum absolute atomic E-state index is 0.0488. The summed E-state index contributed by atoms with van der Waals surface area (Å²) in [5.41, 5.74) is 2.14. The van der Waals surface area contributed by atoms with E-state index >= 15 is 0 Å². The molecule has 10 nitrogen and oxygen atoms in total. The maximum atomic E-state index is 13.2. The molecule has 2 heterocycles. The molecule has 2 unspecified atom stereocenters. The van der Waals surface area contributed by atoms with Gasteiger partial charge in [-0.1, -0.05) is 30.3 Å². The summed E-state index contributed by atoms with van der Waals surface area (Å²) in [5, 5.41) is 28.7. The number of rotatable bonds is 7. The second-order valence-corrected chi connectivity index (χ2v) is 8.95. The topological polar surface area (TPSA) is 143 Å². The van der Waals surface area contributed by atoms with E-state index in [9.17, 15) is 20.0 Å². The van der Waals surface area contributed by atoms with E-state index in [-0.39, 0.29) is 30.9 Å². The molecule has 3 aromatic rings.